The quantitative estimate of drug-likeness (QED) is 0.329. The third kappa shape index (κ3) is 2.02. The van der Waals surface area contributed by atoms with Crippen molar-refractivity contribution >= 4 is 27.5 Å². The van der Waals surface area contributed by atoms with Gasteiger partial charge >= 0.3 is 0 Å². The lowest BCUT2D eigenvalue weighted by Gasteiger charge is -1.99. The minimum absolute atomic E-state index is 0.0929. The molecule has 0 radical (unpaired) electrons. The van der Waals surface area contributed by atoms with E-state index in [9.17, 15) is 13.2 Å². The van der Waals surface area contributed by atoms with Crippen molar-refractivity contribution in [1.82, 2.24) is 0 Å². The summed E-state index contributed by atoms with van der Waals surface area (Å²) in [4.78, 5) is 13.1. The van der Waals surface area contributed by atoms with Crippen molar-refractivity contribution in [3.8, 4) is 0 Å². The number of nitrogens with zero attached hydrogens (tertiary/aromatic N) is 1. The zero-order valence-electron chi connectivity index (χ0n) is 5.53. The first-order valence-corrected chi connectivity index (χ1v) is 5.22. The summed E-state index contributed by atoms with van der Waals surface area (Å²) in [5, 5.41) is -0.568. The van der Waals surface area contributed by atoms with Crippen LogP contribution < -0.4 is 0 Å². The number of alkyl halides is 1. The molecular weight excluding hydrogens is 190 g/mol. The molecule has 62 valence electrons. The summed E-state index contributed by atoms with van der Waals surface area (Å²) in [6.07, 6.45) is 1.30. The van der Waals surface area contributed by atoms with Crippen molar-refractivity contribution in [2.45, 2.75) is 11.4 Å². The molecule has 1 aliphatic heterocycles. The van der Waals surface area contributed by atoms with E-state index < -0.39 is 21.3 Å². The van der Waals surface area contributed by atoms with Crippen LogP contribution in [-0.2, 0) is 14.6 Å². The monoisotopic (exact) mass is 195 g/mol. The molecule has 1 saturated heterocycles. The Labute approximate surface area is 69.2 Å². The molecule has 1 aliphatic rings. The maximum atomic E-state index is 10.9. The number of sulfone groups is 1. The van der Waals surface area contributed by atoms with Gasteiger partial charge in [0.2, 0.25) is 6.08 Å². The molecule has 0 bridgehead atoms. The van der Waals surface area contributed by atoms with Crippen LogP contribution >= 0.6 is 11.6 Å². The van der Waals surface area contributed by atoms with Crippen LogP contribution in [0.5, 0.6) is 0 Å². The maximum Gasteiger partial charge on any atom is 0.235 e. The van der Waals surface area contributed by atoms with Gasteiger partial charge in [0.25, 0.3) is 0 Å². The highest BCUT2D eigenvalue weighted by atomic mass is 35.5. The van der Waals surface area contributed by atoms with Crippen LogP contribution in [0.4, 0.5) is 0 Å². The van der Waals surface area contributed by atoms with Gasteiger partial charge in [0.15, 0.2) is 9.84 Å². The minimum atomic E-state index is -3.07. The second-order valence-corrected chi connectivity index (χ2v) is 5.10. The average molecular weight is 196 g/mol. The van der Waals surface area contributed by atoms with E-state index in [1.165, 1.54) is 6.08 Å². The first kappa shape index (κ1) is 8.71. The van der Waals surface area contributed by atoms with Crippen LogP contribution in [0.2, 0.25) is 0 Å². The molecule has 4 nitrogen and oxygen atoms in total. The molecule has 6 heteroatoms. The fourth-order valence-corrected chi connectivity index (χ4v) is 3.47. The van der Waals surface area contributed by atoms with Crippen LogP contribution in [0.15, 0.2) is 4.99 Å². The Hall–Kier alpha value is -0.380. The van der Waals surface area contributed by atoms with Gasteiger partial charge in [-0.3, -0.25) is 0 Å². The van der Waals surface area contributed by atoms with Gasteiger partial charge in [0.1, 0.15) is 0 Å². The zero-order chi connectivity index (χ0) is 8.48. The Balaban J connectivity index is 2.82. The highest BCUT2D eigenvalue weighted by molar-refractivity contribution is 7.91. The average Bonchev–Trinajstić information content (AvgIpc) is 2.07. The largest absolute Gasteiger partial charge is 0.235 e. The fourth-order valence-electron chi connectivity index (χ4n) is 0.972. The van der Waals surface area contributed by atoms with Crippen LogP contribution in [0.3, 0.4) is 0 Å². The second-order valence-electron chi connectivity index (χ2n) is 2.38. The zero-order valence-corrected chi connectivity index (χ0v) is 7.10. The van der Waals surface area contributed by atoms with E-state index in [0.717, 1.165) is 0 Å². The van der Waals surface area contributed by atoms with E-state index in [-0.39, 0.29) is 11.5 Å². The summed E-state index contributed by atoms with van der Waals surface area (Å²) in [5.74, 6) is -0.221. The molecule has 0 aromatic heterocycles. The molecule has 2 unspecified atom stereocenters. The molecule has 1 fully saturated rings. The SMILES string of the molecule is O=C=NC1CS(=O)(=O)CC1Cl. The Kier molecular flexibility index (Phi) is 2.32. The Morgan fingerprint density at radius 2 is 2.09 bits per heavy atom. The van der Waals surface area contributed by atoms with Gasteiger partial charge in [0.05, 0.1) is 22.9 Å². The van der Waals surface area contributed by atoms with Crippen molar-refractivity contribution < 1.29 is 13.2 Å². The van der Waals surface area contributed by atoms with E-state index in [4.69, 9.17) is 11.6 Å². The smallest absolute Gasteiger partial charge is 0.229 e. The normalized spacial score (nSPS) is 34.6. The molecule has 11 heavy (non-hydrogen) atoms. The third-order valence-electron chi connectivity index (χ3n) is 1.47. The molecule has 0 aromatic rings. The van der Waals surface area contributed by atoms with Gasteiger partial charge in [-0.2, -0.15) is 4.99 Å². The van der Waals surface area contributed by atoms with Gasteiger partial charge < -0.3 is 0 Å². The summed E-state index contributed by atoms with van der Waals surface area (Å²) < 4.78 is 21.7. The summed E-state index contributed by atoms with van der Waals surface area (Å²) in [6, 6.07) is -0.598. The van der Waals surface area contributed by atoms with E-state index in [1.807, 2.05) is 0 Å². The van der Waals surface area contributed by atoms with E-state index >= 15 is 0 Å². The molecule has 0 amide bonds. The maximum absolute atomic E-state index is 10.9. The standard InChI is InChI=1S/C5H6ClNO3S/c6-4-1-11(9,10)2-5(4)7-3-8/h4-5H,1-2H2. The molecule has 1 rings (SSSR count). The lowest BCUT2D eigenvalue weighted by atomic mass is 10.3. The highest BCUT2D eigenvalue weighted by Crippen LogP contribution is 2.20. The fraction of sp³-hybridized carbons (Fsp3) is 0.800. The molecular formula is C5H6ClNO3S. The summed E-state index contributed by atoms with van der Waals surface area (Å²) in [7, 11) is -3.07. The summed E-state index contributed by atoms with van der Waals surface area (Å²) >= 11 is 5.59. The number of hydrogen-bond acceptors (Lipinski definition) is 4. The predicted octanol–water partition coefficient (Wildman–Crippen LogP) is -0.273. The Morgan fingerprint density at radius 3 is 2.45 bits per heavy atom. The molecule has 0 aliphatic carbocycles. The van der Waals surface area contributed by atoms with E-state index in [2.05, 4.69) is 4.99 Å². The number of halogens is 1. The van der Waals surface area contributed by atoms with Crippen LogP contribution in [-0.4, -0.2) is 37.4 Å². The van der Waals surface area contributed by atoms with Gasteiger partial charge in [-0.25, -0.2) is 13.2 Å². The molecule has 0 aromatic carbocycles. The lowest BCUT2D eigenvalue weighted by molar-refractivity contribution is 0.559. The van der Waals surface area contributed by atoms with Crippen LogP contribution in [0.25, 0.3) is 0 Å². The van der Waals surface area contributed by atoms with E-state index in [0.29, 0.717) is 0 Å². The number of isocyanates is 1. The Morgan fingerprint density at radius 1 is 1.45 bits per heavy atom. The van der Waals surface area contributed by atoms with Crippen molar-refractivity contribution in [2.75, 3.05) is 11.5 Å². The molecule has 1 heterocycles. The highest BCUT2D eigenvalue weighted by Gasteiger charge is 2.36. The molecule has 2 atom stereocenters. The number of hydrogen-bond donors (Lipinski definition) is 0. The van der Waals surface area contributed by atoms with Gasteiger partial charge in [-0.1, -0.05) is 0 Å². The molecule has 0 saturated carbocycles. The second kappa shape index (κ2) is 2.93. The number of rotatable bonds is 1. The first-order chi connectivity index (χ1) is 5.05. The third-order valence-corrected chi connectivity index (χ3v) is 3.82. The van der Waals surface area contributed by atoms with Crippen molar-refractivity contribution in [3.63, 3.8) is 0 Å². The minimum Gasteiger partial charge on any atom is -0.229 e. The van der Waals surface area contributed by atoms with Crippen molar-refractivity contribution in [3.05, 3.63) is 0 Å². The van der Waals surface area contributed by atoms with E-state index in [1.54, 1.807) is 0 Å². The predicted molar refractivity (Wildman–Crippen MR) is 40.2 cm³/mol. The van der Waals surface area contributed by atoms with Crippen molar-refractivity contribution in [2.24, 2.45) is 4.99 Å². The number of aliphatic imine (C=N–C) groups is 1. The van der Waals surface area contributed by atoms with Crippen molar-refractivity contribution in [1.29, 1.82) is 0 Å². The van der Waals surface area contributed by atoms with Gasteiger partial charge in [-0.05, 0) is 0 Å². The molecule has 0 N–H and O–H groups in total. The van der Waals surface area contributed by atoms with Gasteiger partial charge in [0, 0.05) is 0 Å². The van der Waals surface area contributed by atoms with Crippen LogP contribution in [0, 0.1) is 0 Å². The molecule has 0 spiro atoms. The van der Waals surface area contributed by atoms with Gasteiger partial charge in [-0.15, -0.1) is 11.6 Å². The summed E-state index contributed by atoms with van der Waals surface area (Å²) in [5.41, 5.74) is 0. The first-order valence-electron chi connectivity index (χ1n) is 2.96. The Bertz CT molecular complexity index is 293. The summed E-state index contributed by atoms with van der Waals surface area (Å²) in [6.45, 7) is 0. The lowest BCUT2D eigenvalue weighted by Crippen LogP contribution is -2.15. The van der Waals surface area contributed by atoms with Crippen LogP contribution in [0.1, 0.15) is 0 Å². The topological polar surface area (TPSA) is 63.6 Å². The number of carbonyl (C=O) groups excluding carboxylic acids is 1.